The summed E-state index contributed by atoms with van der Waals surface area (Å²) in [6, 6.07) is 20.9. The summed E-state index contributed by atoms with van der Waals surface area (Å²) in [4.78, 5) is 13.8. The SMILES string of the molecule is COc1cc(Cc2csc(N3CCN(S(=O)(=O)c4cccc(Cl)c4Cl)CC3)n2)cc(OC)c1.COc1ccc(Cc2csc(N3CCN(S(=O)(=O)c4cccc(Cl)c4Cl)CC3)n2)cc1OC. The van der Waals surface area contributed by atoms with Crippen LogP contribution in [-0.4, -0.2) is 116 Å². The van der Waals surface area contributed by atoms with Gasteiger partial charge >= 0.3 is 0 Å². The molecule has 0 saturated carbocycles. The maximum absolute atomic E-state index is 13.0. The molecule has 2 aliphatic rings. The molecule has 4 heterocycles. The lowest BCUT2D eigenvalue weighted by Crippen LogP contribution is -2.48. The number of sulfonamides is 2. The highest BCUT2D eigenvalue weighted by molar-refractivity contribution is 7.89. The maximum Gasteiger partial charge on any atom is 0.244 e. The summed E-state index contributed by atoms with van der Waals surface area (Å²) in [5.41, 5.74) is 3.99. The minimum Gasteiger partial charge on any atom is -0.497 e. The molecule has 66 heavy (non-hydrogen) atoms. The molecule has 2 fully saturated rings. The molecule has 2 aromatic heterocycles. The van der Waals surface area contributed by atoms with Crippen LogP contribution in [0.5, 0.6) is 23.0 Å². The van der Waals surface area contributed by atoms with Crippen LogP contribution in [0.2, 0.25) is 20.1 Å². The van der Waals surface area contributed by atoms with Gasteiger partial charge in [0.05, 0.1) is 59.9 Å². The fraction of sp³-hybridized carbons (Fsp3) is 0.318. The summed E-state index contributed by atoms with van der Waals surface area (Å²) in [7, 11) is -0.964. The van der Waals surface area contributed by atoms with E-state index in [1.807, 2.05) is 47.2 Å². The number of ether oxygens (including phenoxy) is 4. The number of benzene rings is 4. The van der Waals surface area contributed by atoms with E-state index < -0.39 is 20.0 Å². The van der Waals surface area contributed by atoms with Crippen molar-refractivity contribution in [1.82, 2.24) is 18.6 Å². The van der Waals surface area contributed by atoms with Gasteiger partial charge in [-0.15, -0.1) is 22.7 Å². The Morgan fingerprint density at radius 3 is 1.39 bits per heavy atom. The quantitative estimate of drug-likeness (QED) is 0.103. The molecule has 0 spiro atoms. The first-order valence-corrected chi connectivity index (χ1v) is 26.5. The molecule has 0 unspecified atom stereocenters. The van der Waals surface area contributed by atoms with Gasteiger partial charge in [0.1, 0.15) is 21.3 Å². The standard InChI is InChI=1S/2C22H23Cl2N3O4S2/c1-30-17-11-15(12-18(13-17)31-2)10-16-14-32-22(25-16)26-6-8-27(9-7-26)33(28,29)20-5-3-4-19(23)21(20)24;1-30-18-7-6-15(13-19(18)31-2)12-16-14-32-22(25-16)26-8-10-27(11-9-26)33(28,29)20-5-3-4-17(23)21(20)24/h3-5,11-14H,6-10H2,1-2H3;3-7,13-14H,8-12H2,1-2H3. The molecule has 6 aromatic rings. The molecule has 0 aliphatic carbocycles. The molecule has 0 bridgehead atoms. The normalized spacial score (nSPS) is 15.0. The maximum atomic E-state index is 13.0. The van der Waals surface area contributed by atoms with Crippen molar-refractivity contribution < 1.29 is 35.8 Å². The Hall–Kier alpha value is -4.08. The lowest BCUT2D eigenvalue weighted by Gasteiger charge is -2.34. The van der Waals surface area contributed by atoms with Crippen molar-refractivity contribution in [1.29, 1.82) is 0 Å². The van der Waals surface area contributed by atoms with Crippen LogP contribution < -0.4 is 28.7 Å². The van der Waals surface area contributed by atoms with Crippen LogP contribution in [0.4, 0.5) is 10.3 Å². The van der Waals surface area contributed by atoms with Crippen LogP contribution in [0.3, 0.4) is 0 Å². The van der Waals surface area contributed by atoms with Crippen LogP contribution in [-0.2, 0) is 32.9 Å². The highest BCUT2D eigenvalue weighted by atomic mass is 35.5. The van der Waals surface area contributed by atoms with E-state index >= 15 is 0 Å². The van der Waals surface area contributed by atoms with E-state index in [2.05, 4.69) is 9.80 Å². The number of aromatic nitrogens is 2. The average Bonchev–Trinajstić information content (AvgIpc) is 4.01. The Labute approximate surface area is 413 Å². The summed E-state index contributed by atoms with van der Waals surface area (Å²) in [6.07, 6.45) is 1.31. The highest BCUT2D eigenvalue weighted by Gasteiger charge is 2.33. The van der Waals surface area contributed by atoms with Crippen molar-refractivity contribution in [3.8, 4) is 23.0 Å². The van der Waals surface area contributed by atoms with Crippen molar-refractivity contribution >= 4 is 99.4 Å². The van der Waals surface area contributed by atoms with Gasteiger partial charge in [0.15, 0.2) is 21.8 Å². The van der Waals surface area contributed by atoms with E-state index in [9.17, 15) is 16.8 Å². The molecular weight excluding hydrogens is 1010 g/mol. The van der Waals surface area contributed by atoms with Crippen molar-refractivity contribution in [3.05, 3.63) is 126 Å². The number of nitrogens with zero attached hydrogens (tertiary/aromatic N) is 6. The Balaban J connectivity index is 0.000000196. The number of halogens is 4. The lowest BCUT2D eigenvalue weighted by atomic mass is 10.1. The Morgan fingerprint density at radius 2 is 0.970 bits per heavy atom. The molecule has 2 aliphatic heterocycles. The van der Waals surface area contributed by atoms with Crippen LogP contribution >= 0.6 is 69.1 Å². The third-order valence-corrected chi connectivity index (χ3v) is 18.4. The van der Waals surface area contributed by atoms with E-state index in [-0.39, 0.29) is 29.9 Å². The zero-order valence-corrected chi connectivity index (χ0v) is 42.5. The van der Waals surface area contributed by atoms with Crippen LogP contribution in [0.15, 0.2) is 93.3 Å². The molecular formula is C44H46Cl4N6O8S4. The molecule has 352 valence electrons. The fourth-order valence-electron chi connectivity index (χ4n) is 7.31. The smallest absolute Gasteiger partial charge is 0.244 e. The number of methoxy groups -OCH3 is 4. The third kappa shape index (κ3) is 11.4. The largest absolute Gasteiger partial charge is 0.497 e. The molecule has 8 rings (SSSR count). The number of anilines is 2. The van der Waals surface area contributed by atoms with Crippen LogP contribution in [0, 0.1) is 0 Å². The molecule has 14 nitrogen and oxygen atoms in total. The number of piperazine rings is 2. The zero-order chi connectivity index (χ0) is 47.2. The summed E-state index contributed by atoms with van der Waals surface area (Å²) in [6.45, 7) is 3.53. The van der Waals surface area contributed by atoms with Gasteiger partial charge in [-0.25, -0.2) is 26.8 Å². The zero-order valence-electron chi connectivity index (χ0n) is 36.2. The highest BCUT2D eigenvalue weighted by Crippen LogP contribution is 2.35. The first kappa shape index (κ1) is 49.8. The van der Waals surface area contributed by atoms with Gasteiger partial charge < -0.3 is 28.7 Å². The average molecular weight is 1060 g/mol. The second-order valence-corrected chi connectivity index (χ2v) is 21.9. The molecule has 0 N–H and O–H groups in total. The predicted octanol–water partition coefficient (Wildman–Crippen LogP) is 9.14. The van der Waals surface area contributed by atoms with Gasteiger partial charge in [0, 0.05) is 82.0 Å². The topological polar surface area (TPSA) is 144 Å². The molecule has 0 radical (unpaired) electrons. The molecule has 0 atom stereocenters. The second-order valence-electron chi connectivity index (χ2n) is 14.9. The Morgan fingerprint density at radius 1 is 0.530 bits per heavy atom. The monoisotopic (exact) mass is 1050 g/mol. The van der Waals surface area contributed by atoms with Crippen LogP contribution in [0.1, 0.15) is 22.5 Å². The van der Waals surface area contributed by atoms with Gasteiger partial charge in [-0.3, -0.25) is 0 Å². The summed E-state index contributed by atoms with van der Waals surface area (Å²) >= 11 is 27.4. The molecule has 4 aromatic carbocycles. The minimum atomic E-state index is -3.72. The van der Waals surface area contributed by atoms with E-state index in [4.69, 9.17) is 75.3 Å². The number of hydrogen-bond donors (Lipinski definition) is 0. The van der Waals surface area contributed by atoms with E-state index in [0.29, 0.717) is 76.7 Å². The summed E-state index contributed by atoms with van der Waals surface area (Å²) in [5, 5.41) is 6.36. The Kier molecular flexibility index (Phi) is 16.5. The molecule has 0 amide bonds. The predicted molar refractivity (Wildman–Crippen MR) is 264 cm³/mol. The van der Waals surface area contributed by atoms with Crippen LogP contribution in [0.25, 0.3) is 0 Å². The van der Waals surface area contributed by atoms with Gasteiger partial charge in [-0.05, 0) is 59.7 Å². The summed E-state index contributed by atoms with van der Waals surface area (Å²) < 4.78 is 76.4. The number of thiazole rings is 2. The van der Waals surface area contributed by atoms with Crippen molar-refractivity contribution in [2.24, 2.45) is 0 Å². The van der Waals surface area contributed by atoms with E-state index in [1.54, 1.807) is 75.4 Å². The fourth-order valence-corrected chi connectivity index (χ4v) is 13.4. The van der Waals surface area contributed by atoms with Gasteiger partial charge in [-0.2, -0.15) is 8.61 Å². The molecule has 22 heteroatoms. The number of hydrogen-bond acceptors (Lipinski definition) is 14. The minimum absolute atomic E-state index is 0.0374. The van der Waals surface area contributed by atoms with Gasteiger partial charge in [0.25, 0.3) is 0 Å². The Bertz CT molecular complexity index is 2850. The van der Waals surface area contributed by atoms with Gasteiger partial charge in [-0.1, -0.05) is 64.6 Å². The number of rotatable bonds is 14. The van der Waals surface area contributed by atoms with Crippen molar-refractivity contribution in [3.63, 3.8) is 0 Å². The lowest BCUT2D eigenvalue weighted by molar-refractivity contribution is 0.354. The van der Waals surface area contributed by atoms with Crippen molar-refractivity contribution in [2.75, 3.05) is 90.6 Å². The second kappa shape index (κ2) is 21.9. The van der Waals surface area contributed by atoms with E-state index in [1.165, 1.54) is 20.7 Å². The molecule has 2 saturated heterocycles. The van der Waals surface area contributed by atoms with Gasteiger partial charge in [0.2, 0.25) is 20.0 Å². The van der Waals surface area contributed by atoms with Crippen molar-refractivity contribution in [2.45, 2.75) is 22.6 Å². The first-order chi connectivity index (χ1) is 31.6. The summed E-state index contributed by atoms with van der Waals surface area (Å²) in [5.74, 6) is 2.84. The van der Waals surface area contributed by atoms with E-state index in [0.717, 1.165) is 44.3 Å². The first-order valence-electron chi connectivity index (χ1n) is 20.3. The third-order valence-electron chi connectivity index (χ3n) is 10.8.